The van der Waals surface area contributed by atoms with Crippen molar-refractivity contribution in [3.8, 4) is 0 Å². The second kappa shape index (κ2) is 8.65. The molecule has 0 heterocycles. The SMILES string of the molecule is CC1CCC(CC(O)C2CCC(C3CCC(O)C(F)C3F)CC2)CC1. The second-order valence-corrected chi connectivity index (χ2v) is 9.30. The van der Waals surface area contributed by atoms with Crippen molar-refractivity contribution in [2.75, 3.05) is 0 Å². The maximum atomic E-state index is 14.3. The Morgan fingerprint density at radius 1 is 0.840 bits per heavy atom. The summed E-state index contributed by atoms with van der Waals surface area (Å²) in [6, 6.07) is 0. The quantitative estimate of drug-likeness (QED) is 0.756. The highest BCUT2D eigenvalue weighted by molar-refractivity contribution is 4.93. The third-order valence-corrected chi connectivity index (χ3v) is 7.55. The molecule has 0 spiro atoms. The van der Waals surface area contributed by atoms with Crippen LogP contribution >= 0.6 is 0 Å². The first-order valence-corrected chi connectivity index (χ1v) is 10.6. The fourth-order valence-electron chi connectivity index (χ4n) is 5.68. The molecule has 3 aliphatic rings. The van der Waals surface area contributed by atoms with Crippen molar-refractivity contribution < 1.29 is 19.0 Å². The van der Waals surface area contributed by atoms with Gasteiger partial charge in [-0.25, -0.2) is 8.78 Å². The number of hydrogen-bond acceptors (Lipinski definition) is 2. The molecular weight excluding hydrogens is 322 g/mol. The van der Waals surface area contributed by atoms with Crippen LogP contribution in [0.25, 0.3) is 0 Å². The summed E-state index contributed by atoms with van der Waals surface area (Å²) in [6.45, 7) is 2.32. The zero-order valence-electron chi connectivity index (χ0n) is 15.6. The van der Waals surface area contributed by atoms with E-state index in [1.54, 1.807) is 0 Å². The molecule has 0 aromatic heterocycles. The molecule has 3 saturated carbocycles. The van der Waals surface area contributed by atoms with Gasteiger partial charge in [-0.3, -0.25) is 0 Å². The lowest BCUT2D eigenvalue weighted by Crippen LogP contribution is -2.45. The lowest BCUT2D eigenvalue weighted by atomic mass is 9.68. The summed E-state index contributed by atoms with van der Waals surface area (Å²) in [7, 11) is 0. The Morgan fingerprint density at radius 2 is 1.48 bits per heavy atom. The van der Waals surface area contributed by atoms with Gasteiger partial charge in [0.1, 0.15) is 6.17 Å². The van der Waals surface area contributed by atoms with Gasteiger partial charge in [-0.15, -0.1) is 0 Å². The molecule has 4 heteroatoms. The van der Waals surface area contributed by atoms with Gasteiger partial charge in [0.15, 0.2) is 6.17 Å². The smallest absolute Gasteiger partial charge is 0.157 e. The topological polar surface area (TPSA) is 40.5 Å². The summed E-state index contributed by atoms with van der Waals surface area (Å²) in [6.07, 6.45) is 6.11. The average molecular weight is 359 g/mol. The normalized spacial score (nSPS) is 47.4. The van der Waals surface area contributed by atoms with Crippen molar-refractivity contribution in [1.82, 2.24) is 0 Å². The second-order valence-electron chi connectivity index (χ2n) is 9.30. The number of alkyl halides is 2. The van der Waals surface area contributed by atoms with Crippen LogP contribution < -0.4 is 0 Å². The molecule has 2 N–H and O–H groups in total. The molecule has 0 radical (unpaired) electrons. The van der Waals surface area contributed by atoms with Gasteiger partial charge in [-0.2, -0.15) is 0 Å². The molecule has 3 fully saturated rings. The minimum Gasteiger partial charge on any atom is -0.393 e. The van der Waals surface area contributed by atoms with Crippen LogP contribution in [0, 0.1) is 29.6 Å². The molecule has 0 saturated heterocycles. The number of rotatable bonds is 4. The third kappa shape index (κ3) is 4.74. The van der Waals surface area contributed by atoms with Crippen molar-refractivity contribution in [3.05, 3.63) is 0 Å². The zero-order valence-corrected chi connectivity index (χ0v) is 15.6. The summed E-state index contributed by atoms with van der Waals surface area (Å²) in [4.78, 5) is 0. The molecule has 0 aromatic rings. The minimum absolute atomic E-state index is 0.220. The van der Waals surface area contributed by atoms with Crippen molar-refractivity contribution >= 4 is 0 Å². The highest BCUT2D eigenvalue weighted by atomic mass is 19.2. The van der Waals surface area contributed by atoms with E-state index in [4.69, 9.17) is 0 Å². The molecular formula is C21H36F2O2. The first kappa shape index (κ1) is 19.5. The van der Waals surface area contributed by atoms with E-state index in [1.807, 2.05) is 0 Å². The standard InChI is InChI=1S/C21H36F2O2/c1-13-2-4-14(5-3-13)12-19(25)16-8-6-15(7-9-16)17-10-11-18(24)21(23)20(17)22/h13-21,24-25H,2-12H2,1H3. The van der Waals surface area contributed by atoms with Crippen LogP contribution in [-0.2, 0) is 0 Å². The van der Waals surface area contributed by atoms with E-state index in [2.05, 4.69) is 6.92 Å². The van der Waals surface area contributed by atoms with Gasteiger partial charge >= 0.3 is 0 Å². The largest absolute Gasteiger partial charge is 0.393 e. The predicted octanol–water partition coefficient (Wildman–Crippen LogP) is 4.82. The predicted molar refractivity (Wildman–Crippen MR) is 95.7 cm³/mol. The summed E-state index contributed by atoms with van der Waals surface area (Å²) >= 11 is 0. The highest BCUT2D eigenvalue weighted by Gasteiger charge is 2.44. The van der Waals surface area contributed by atoms with E-state index >= 15 is 0 Å². The van der Waals surface area contributed by atoms with Crippen molar-refractivity contribution in [2.24, 2.45) is 29.6 Å². The van der Waals surface area contributed by atoms with Gasteiger partial charge in [-0.05, 0) is 74.5 Å². The Morgan fingerprint density at radius 3 is 2.12 bits per heavy atom. The molecule has 5 unspecified atom stereocenters. The molecule has 3 aliphatic carbocycles. The molecule has 146 valence electrons. The molecule has 5 atom stereocenters. The number of aliphatic hydroxyl groups is 2. The highest BCUT2D eigenvalue weighted by Crippen LogP contribution is 2.43. The first-order valence-electron chi connectivity index (χ1n) is 10.6. The van der Waals surface area contributed by atoms with Crippen LogP contribution in [0.5, 0.6) is 0 Å². The van der Waals surface area contributed by atoms with Crippen LogP contribution in [0.3, 0.4) is 0 Å². The minimum atomic E-state index is -1.71. The summed E-state index contributed by atoms with van der Waals surface area (Å²) in [5.41, 5.74) is 0. The number of hydrogen-bond donors (Lipinski definition) is 2. The van der Waals surface area contributed by atoms with Crippen LogP contribution in [0.15, 0.2) is 0 Å². The van der Waals surface area contributed by atoms with Crippen molar-refractivity contribution in [2.45, 2.75) is 102 Å². The molecule has 0 amide bonds. The van der Waals surface area contributed by atoms with Gasteiger partial charge in [0.25, 0.3) is 0 Å². The van der Waals surface area contributed by atoms with Crippen LogP contribution in [0.2, 0.25) is 0 Å². The lowest BCUT2D eigenvalue weighted by Gasteiger charge is -2.41. The van der Waals surface area contributed by atoms with E-state index in [0.29, 0.717) is 24.7 Å². The fourth-order valence-corrected chi connectivity index (χ4v) is 5.68. The molecule has 3 rings (SSSR count). The monoisotopic (exact) mass is 358 g/mol. The van der Waals surface area contributed by atoms with Gasteiger partial charge < -0.3 is 10.2 Å². The molecule has 25 heavy (non-hydrogen) atoms. The van der Waals surface area contributed by atoms with Gasteiger partial charge in [0.05, 0.1) is 12.2 Å². The zero-order chi connectivity index (χ0) is 18.0. The number of halogens is 2. The van der Waals surface area contributed by atoms with Crippen LogP contribution in [0.1, 0.15) is 77.6 Å². The molecule has 0 aliphatic heterocycles. The van der Waals surface area contributed by atoms with Crippen molar-refractivity contribution in [1.29, 1.82) is 0 Å². The molecule has 0 bridgehead atoms. The third-order valence-electron chi connectivity index (χ3n) is 7.55. The maximum Gasteiger partial charge on any atom is 0.157 e. The lowest BCUT2D eigenvalue weighted by molar-refractivity contribution is -0.0582. The van der Waals surface area contributed by atoms with Crippen molar-refractivity contribution in [3.63, 3.8) is 0 Å². The fraction of sp³-hybridized carbons (Fsp3) is 1.00. The van der Waals surface area contributed by atoms with E-state index in [9.17, 15) is 19.0 Å². The Balaban J connectivity index is 1.43. The Labute approximate surface area is 151 Å². The number of aliphatic hydroxyl groups excluding tert-OH is 2. The summed E-state index contributed by atoms with van der Waals surface area (Å²) in [5.74, 6) is 1.83. The average Bonchev–Trinajstić information content (AvgIpc) is 2.62. The summed E-state index contributed by atoms with van der Waals surface area (Å²) < 4.78 is 28.1. The van der Waals surface area contributed by atoms with E-state index in [1.165, 1.54) is 25.7 Å². The Hall–Kier alpha value is -0.220. The van der Waals surface area contributed by atoms with Crippen LogP contribution in [-0.4, -0.2) is 34.8 Å². The Kier molecular flexibility index (Phi) is 6.76. The first-order chi connectivity index (χ1) is 12.0. The van der Waals surface area contributed by atoms with Gasteiger partial charge in [0, 0.05) is 0 Å². The summed E-state index contributed by atoms with van der Waals surface area (Å²) in [5, 5.41) is 20.2. The van der Waals surface area contributed by atoms with Gasteiger partial charge in [-0.1, -0.05) is 32.6 Å². The van der Waals surface area contributed by atoms with E-state index in [-0.39, 0.29) is 17.9 Å². The van der Waals surface area contributed by atoms with Crippen LogP contribution in [0.4, 0.5) is 8.78 Å². The van der Waals surface area contributed by atoms with Gasteiger partial charge in [0.2, 0.25) is 0 Å². The molecule has 0 aromatic carbocycles. The maximum absolute atomic E-state index is 14.3. The molecule has 2 nitrogen and oxygen atoms in total. The Bertz CT molecular complexity index is 403. The van der Waals surface area contributed by atoms with E-state index < -0.39 is 18.4 Å². The van der Waals surface area contributed by atoms with E-state index in [0.717, 1.165) is 38.0 Å².